The number of hydrogen-bond donors (Lipinski definition) is 0. The van der Waals surface area contributed by atoms with E-state index in [1.165, 1.54) is 27.8 Å². The lowest BCUT2D eigenvalue weighted by Gasteiger charge is -2.36. The predicted octanol–water partition coefficient (Wildman–Crippen LogP) is 5.86. The van der Waals surface area contributed by atoms with Crippen LogP contribution >= 0.6 is 11.6 Å². The molecule has 3 rings (SSSR count). The number of rotatable bonds is 1. The monoisotopic (exact) mass is 396 g/mol. The third kappa shape index (κ3) is 3.26. The largest absolute Gasteiger partial charge is 0.305 e. The predicted molar refractivity (Wildman–Crippen MR) is 119 cm³/mol. The fourth-order valence-electron chi connectivity index (χ4n) is 4.13. The van der Waals surface area contributed by atoms with Gasteiger partial charge in [0.05, 0.1) is 11.4 Å². The van der Waals surface area contributed by atoms with Crippen LogP contribution < -0.4 is 4.90 Å². The van der Waals surface area contributed by atoms with Gasteiger partial charge in [-0.15, -0.1) is 0 Å². The van der Waals surface area contributed by atoms with Crippen LogP contribution in [0.4, 0.5) is 5.69 Å². The highest BCUT2D eigenvalue weighted by Crippen LogP contribution is 2.36. The number of fused-ring (bicyclic) bond motifs is 1. The maximum absolute atomic E-state index is 13.0. The van der Waals surface area contributed by atoms with Crippen molar-refractivity contribution in [3.63, 3.8) is 0 Å². The van der Waals surface area contributed by atoms with Crippen LogP contribution in [0.15, 0.2) is 23.2 Å². The molecule has 0 spiro atoms. The molecule has 1 aliphatic heterocycles. The van der Waals surface area contributed by atoms with Crippen LogP contribution in [0.5, 0.6) is 0 Å². The Morgan fingerprint density at radius 1 is 0.929 bits per heavy atom. The lowest BCUT2D eigenvalue weighted by atomic mass is 9.85. The van der Waals surface area contributed by atoms with Crippen molar-refractivity contribution >= 4 is 28.9 Å². The zero-order valence-electron chi connectivity index (χ0n) is 18.1. The zero-order valence-corrected chi connectivity index (χ0v) is 18.9. The Kier molecular flexibility index (Phi) is 5.18. The lowest BCUT2D eigenvalue weighted by Crippen LogP contribution is -2.47. The summed E-state index contributed by atoms with van der Waals surface area (Å²) in [6.07, 6.45) is 0. The normalized spacial score (nSPS) is 14.7. The van der Waals surface area contributed by atoms with Gasteiger partial charge < -0.3 is 4.90 Å². The van der Waals surface area contributed by atoms with Crippen LogP contribution in [0.3, 0.4) is 0 Å². The Morgan fingerprint density at radius 3 is 2.00 bits per heavy atom. The quantitative estimate of drug-likeness (QED) is 0.593. The molecule has 3 nitrogen and oxygen atoms in total. The first-order valence-corrected chi connectivity index (χ1v) is 10.1. The number of aliphatic imine (C=N–C) groups is 1. The molecule has 2 aromatic rings. The van der Waals surface area contributed by atoms with Crippen molar-refractivity contribution in [2.45, 2.75) is 60.9 Å². The molecule has 0 aliphatic carbocycles. The summed E-state index contributed by atoms with van der Waals surface area (Å²) in [6.45, 7) is 17.0. The zero-order chi connectivity index (χ0) is 21.0. The molecule has 0 aromatic heterocycles. The first-order valence-electron chi connectivity index (χ1n) is 9.70. The van der Waals surface area contributed by atoms with Gasteiger partial charge in [0.1, 0.15) is 6.54 Å². The molecular weight excluding hydrogens is 368 g/mol. The topological polar surface area (TPSA) is 32.7 Å². The van der Waals surface area contributed by atoms with Crippen molar-refractivity contribution in [3.05, 3.63) is 62.2 Å². The average Bonchev–Trinajstić information content (AvgIpc) is 2.75. The molecule has 0 unspecified atom stereocenters. The maximum atomic E-state index is 13.0. The summed E-state index contributed by atoms with van der Waals surface area (Å²) in [5.41, 5.74) is 9.69. The van der Waals surface area contributed by atoms with Crippen molar-refractivity contribution < 1.29 is 4.79 Å². The minimum absolute atomic E-state index is 0.00179. The molecule has 0 N–H and O–H groups in total. The fourth-order valence-corrected chi connectivity index (χ4v) is 4.31. The summed E-state index contributed by atoms with van der Waals surface area (Å²) in [5, 5.41) is 0.644. The number of carbonyl (C=O) groups is 1. The van der Waals surface area contributed by atoms with Gasteiger partial charge in [-0.05, 0) is 101 Å². The highest BCUT2D eigenvalue weighted by atomic mass is 35.5. The van der Waals surface area contributed by atoms with E-state index >= 15 is 0 Å². The highest BCUT2D eigenvalue weighted by molar-refractivity contribution is 6.32. The molecule has 0 saturated heterocycles. The number of halogens is 1. The second-order valence-electron chi connectivity index (χ2n) is 8.73. The van der Waals surface area contributed by atoms with Crippen molar-refractivity contribution in [3.8, 4) is 0 Å². The van der Waals surface area contributed by atoms with E-state index in [0.29, 0.717) is 5.02 Å². The number of nitrogens with zero attached hydrogens (tertiary/aromatic N) is 2. The van der Waals surface area contributed by atoms with E-state index in [9.17, 15) is 4.79 Å². The summed E-state index contributed by atoms with van der Waals surface area (Å²) in [5.74, 6) is 0.00179. The molecule has 0 atom stereocenters. The second kappa shape index (κ2) is 7.04. The molecular formula is C24H29ClN2O. The molecule has 4 heteroatoms. The molecule has 28 heavy (non-hydrogen) atoms. The van der Waals surface area contributed by atoms with Gasteiger partial charge in [0.25, 0.3) is 0 Å². The van der Waals surface area contributed by atoms with Crippen LogP contribution in [-0.2, 0) is 4.79 Å². The van der Waals surface area contributed by atoms with Crippen LogP contribution in [-0.4, -0.2) is 23.7 Å². The van der Waals surface area contributed by atoms with E-state index in [1.807, 2.05) is 43.9 Å². The van der Waals surface area contributed by atoms with Crippen molar-refractivity contribution in [2.75, 3.05) is 11.4 Å². The number of benzodiazepines with no additional fused rings is 1. The van der Waals surface area contributed by atoms with Crippen LogP contribution in [0.2, 0.25) is 5.02 Å². The standard InChI is InChI=1S/C24H29ClN2O/c1-13-14(2)16(4)22(17(5)15(13)3)23-19-11-18(25)9-10-20(19)27(24(6,7)8)21(28)12-26-23/h9-11H,12H2,1-8H3. The van der Waals surface area contributed by atoms with Crippen molar-refractivity contribution in [2.24, 2.45) is 4.99 Å². The van der Waals surface area contributed by atoms with Crippen LogP contribution in [0.1, 0.15) is 59.7 Å². The Morgan fingerprint density at radius 2 is 1.46 bits per heavy atom. The molecule has 1 aliphatic rings. The molecule has 0 fully saturated rings. The molecule has 0 saturated carbocycles. The van der Waals surface area contributed by atoms with Crippen molar-refractivity contribution in [1.29, 1.82) is 0 Å². The second-order valence-corrected chi connectivity index (χ2v) is 9.16. The Labute approximate surface area is 173 Å². The Bertz CT molecular complexity index is 983. The molecule has 1 amide bonds. The number of benzene rings is 2. The van der Waals surface area contributed by atoms with E-state index < -0.39 is 0 Å². The molecule has 2 aromatic carbocycles. The van der Waals surface area contributed by atoms with Gasteiger partial charge in [0.15, 0.2) is 0 Å². The summed E-state index contributed by atoms with van der Waals surface area (Å²) in [7, 11) is 0. The number of carbonyl (C=O) groups excluding carboxylic acids is 1. The lowest BCUT2D eigenvalue weighted by molar-refractivity contribution is -0.118. The SMILES string of the molecule is Cc1c(C)c(C)c(C2=NCC(=O)N(C(C)(C)C)c3ccc(Cl)cc32)c(C)c1C. The third-order valence-electron chi connectivity index (χ3n) is 5.98. The Hall–Kier alpha value is -2.13. The fraction of sp³-hybridized carbons (Fsp3) is 0.417. The van der Waals surface area contributed by atoms with Gasteiger partial charge in [-0.25, -0.2) is 0 Å². The highest BCUT2D eigenvalue weighted by Gasteiger charge is 2.33. The minimum atomic E-state index is -0.353. The minimum Gasteiger partial charge on any atom is -0.305 e. The smallest absolute Gasteiger partial charge is 0.249 e. The van der Waals surface area contributed by atoms with Crippen LogP contribution in [0.25, 0.3) is 0 Å². The van der Waals surface area contributed by atoms with E-state index in [1.54, 1.807) is 0 Å². The average molecular weight is 397 g/mol. The van der Waals surface area contributed by atoms with E-state index in [-0.39, 0.29) is 18.0 Å². The number of hydrogen-bond acceptors (Lipinski definition) is 2. The van der Waals surface area contributed by atoms with Gasteiger partial charge in [-0.3, -0.25) is 9.79 Å². The van der Waals surface area contributed by atoms with E-state index in [0.717, 1.165) is 22.5 Å². The van der Waals surface area contributed by atoms with Gasteiger partial charge in [-0.1, -0.05) is 11.6 Å². The van der Waals surface area contributed by atoms with E-state index in [4.69, 9.17) is 16.6 Å². The van der Waals surface area contributed by atoms with Gasteiger partial charge in [0.2, 0.25) is 5.91 Å². The molecule has 0 bridgehead atoms. The van der Waals surface area contributed by atoms with Crippen LogP contribution in [0, 0.1) is 34.6 Å². The molecule has 0 radical (unpaired) electrons. The summed E-state index contributed by atoms with van der Waals surface area (Å²) in [4.78, 5) is 19.7. The maximum Gasteiger partial charge on any atom is 0.249 e. The summed E-state index contributed by atoms with van der Waals surface area (Å²) in [6, 6.07) is 5.73. The van der Waals surface area contributed by atoms with Gasteiger partial charge >= 0.3 is 0 Å². The Balaban J connectivity index is 2.38. The summed E-state index contributed by atoms with van der Waals surface area (Å²) < 4.78 is 0. The first-order chi connectivity index (χ1) is 12.9. The number of anilines is 1. The molecule has 148 valence electrons. The van der Waals surface area contributed by atoms with Gasteiger partial charge in [-0.2, -0.15) is 0 Å². The molecule has 1 heterocycles. The third-order valence-corrected chi connectivity index (χ3v) is 6.22. The van der Waals surface area contributed by atoms with Crippen molar-refractivity contribution in [1.82, 2.24) is 0 Å². The van der Waals surface area contributed by atoms with Gasteiger partial charge in [0, 0.05) is 21.7 Å². The first kappa shape index (κ1) is 20.6. The van der Waals surface area contributed by atoms with E-state index in [2.05, 4.69) is 34.6 Å². The summed E-state index contributed by atoms with van der Waals surface area (Å²) >= 11 is 6.39. The number of amides is 1.